The summed E-state index contributed by atoms with van der Waals surface area (Å²) in [6.45, 7) is 5.48. The van der Waals surface area contributed by atoms with Crippen LogP contribution in [0.4, 0.5) is 0 Å². The molecule has 168 valence electrons. The maximum atomic E-state index is 12.3. The Kier molecular flexibility index (Phi) is 8.99. The summed E-state index contributed by atoms with van der Waals surface area (Å²) in [6, 6.07) is 13.5. The third-order valence-corrected chi connectivity index (χ3v) is 5.28. The Morgan fingerprint density at radius 2 is 1.90 bits per heavy atom. The van der Waals surface area contributed by atoms with E-state index in [0.29, 0.717) is 26.0 Å². The molecule has 0 unspecified atom stereocenters. The third-order valence-electron chi connectivity index (χ3n) is 5.28. The van der Waals surface area contributed by atoms with Crippen molar-refractivity contribution >= 4 is 5.91 Å². The number of amides is 1. The highest BCUT2D eigenvalue weighted by Gasteiger charge is 2.11. The van der Waals surface area contributed by atoms with Crippen molar-refractivity contribution < 1.29 is 23.7 Å². The number of carbonyl (C=O) groups is 1. The summed E-state index contributed by atoms with van der Waals surface area (Å²) < 4.78 is 21.9. The van der Waals surface area contributed by atoms with Crippen LogP contribution in [0.1, 0.15) is 17.5 Å². The van der Waals surface area contributed by atoms with Gasteiger partial charge in [-0.2, -0.15) is 0 Å². The largest absolute Gasteiger partial charge is 0.497 e. The van der Waals surface area contributed by atoms with Gasteiger partial charge in [0.05, 0.1) is 27.4 Å². The van der Waals surface area contributed by atoms with Crippen LogP contribution in [0.5, 0.6) is 17.2 Å². The molecule has 2 aromatic rings. The molecule has 0 aromatic heterocycles. The van der Waals surface area contributed by atoms with Crippen LogP contribution in [0.2, 0.25) is 0 Å². The summed E-state index contributed by atoms with van der Waals surface area (Å²) in [5.74, 6) is 2.32. The minimum atomic E-state index is -0.0106. The summed E-state index contributed by atoms with van der Waals surface area (Å²) >= 11 is 0. The van der Waals surface area contributed by atoms with Gasteiger partial charge >= 0.3 is 0 Å². The molecule has 31 heavy (non-hydrogen) atoms. The van der Waals surface area contributed by atoms with Crippen molar-refractivity contribution in [1.29, 1.82) is 0 Å². The monoisotopic (exact) mass is 428 g/mol. The van der Waals surface area contributed by atoms with Gasteiger partial charge in [-0.1, -0.05) is 12.1 Å². The number of hydrogen-bond acceptors (Lipinski definition) is 6. The maximum Gasteiger partial charge on any atom is 0.220 e. The fraction of sp³-hybridized carbons (Fsp3) is 0.458. The van der Waals surface area contributed by atoms with Gasteiger partial charge in [0, 0.05) is 32.6 Å². The standard InChI is InChI=1S/C24H32N2O5/c1-28-21-7-8-23(29-2)20(17-21)6-9-24(27)25-18-19-4-3-5-22(16-19)31-15-12-26-10-13-30-14-11-26/h3-5,7-8,16-17H,6,9-15,18H2,1-2H3,(H,25,27). The molecule has 2 aromatic carbocycles. The van der Waals surface area contributed by atoms with Gasteiger partial charge in [-0.05, 0) is 47.9 Å². The molecule has 1 heterocycles. The Balaban J connectivity index is 1.42. The Morgan fingerprint density at radius 3 is 2.68 bits per heavy atom. The molecule has 1 aliphatic rings. The second-order valence-corrected chi connectivity index (χ2v) is 7.40. The first-order valence-corrected chi connectivity index (χ1v) is 10.7. The van der Waals surface area contributed by atoms with Crippen molar-refractivity contribution in [1.82, 2.24) is 10.2 Å². The van der Waals surface area contributed by atoms with Gasteiger partial charge in [-0.25, -0.2) is 0 Å². The molecule has 0 saturated carbocycles. The molecule has 3 rings (SSSR count). The van der Waals surface area contributed by atoms with E-state index >= 15 is 0 Å². The Morgan fingerprint density at radius 1 is 1.06 bits per heavy atom. The van der Waals surface area contributed by atoms with Crippen molar-refractivity contribution in [2.45, 2.75) is 19.4 Å². The van der Waals surface area contributed by atoms with E-state index in [-0.39, 0.29) is 5.91 Å². The lowest BCUT2D eigenvalue weighted by Gasteiger charge is -2.26. The highest BCUT2D eigenvalue weighted by Crippen LogP contribution is 2.25. The molecule has 1 amide bonds. The van der Waals surface area contributed by atoms with Crippen LogP contribution in [0, 0.1) is 0 Å². The molecule has 7 nitrogen and oxygen atoms in total. The van der Waals surface area contributed by atoms with Crippen LogP contribution < -0.4 is 19.5 Å². The van der Waals surface area contributed by atoms with Gasteiger partial charge in [0.1, 0.15) is 23.9 Å². The Bertz CT molecular complexity index is 836. The van der Waals surface area contributed by atoms with Gasteiger partial charge in [-0.3, -0.25) is 9.69 Å². The van der Waals surface area contributed by atoms with Crippen LogP contribution in [0.25, 0.3) is 0 Å². The number of nitrogens with zero attached hydrogens (tertiary/aromatic N) is 1. The van der Waals surface area contributed by atoms with E-state index in [1.54, 1.807) is 14.2 Å². The SMILES string of the molecule is COc1ccc(OC)c(CCC(=O)NCc2cccc(OCCN3CCOCC3)c2)c1. The molecule has 7 heteroatoms. The number of carbonyl (C=O) groups excluding carboxylic acids is 1. The van der Waals surface area contributed by atoms with Crippen molar-refractivity contribution in [3.05, 3.63) is 53.6 Å². The number of ether oxygens (including phenoxy) is 4. The average molecular weight is 429 g/mol. The van der Waals surface area contributed by atoms with Crippen LogP contribution in [-0.2, 0) is 22.5 Å². The summed E-state index contributed by atoms with van der Waals surface area (Å²) in [5, 5.41) is 2.98. The lowest BCUT2D eigenvalue weighted by Crippen LogP contribution is -2.38. The molecule has 0 radical (unpaired) electrons. The normalized spacial score (nSPS) is 14.1. The predicted octanol–water partition coefficient (Wildman–Crippen LogP) is 2.66. The van der Waals surface area contributed by atoms with E-state index < -0.39 is 0 Å². The first kappa shape index (κ1) is 22.9. The minimum absolute atomic E-state index is 0.0106. The lowest BCUT2D eigenvalue weighted by atomic mass is 10.1. The van der Waals surface area contributed by atoms with Crippen molar-refractivity contribution in [3.63, 3.8) is 0 Å². The maximum absolute atomic E-state index is 12.3. The quantitative estimate of drug-likeness (QED) is 0.594. The van der Waals surface area contributed by atoms with Crippen molar-refractivity contribution in [2.75, 3.05) is 53.7 Å². The van der Waals surface area contributed by atoms with E-state index in [4.69, 9.17) is 18.9 Å². The molecule has 0 spiro atoms. The molecule has 1 aliphatic heterocycles. The number of aryl methyl sites for hydroxylation is 1. The van der Waals surface area contributed by atoms with Gasteiger partial charge in [-0.15, -0.1) is 0 Å². The number of morpholine rings is 1. The summed E-state index contributed by atoms with van der Waals surface area (Å²) in [7, 11) is 3.25. The van der Waals surface area contributed by atoms with Gasteiger partial charge in [0.15, 0.2) is 0 Å². The van der Waals surface area contributed by atoms with Gasteiger partial charge in [0.25, 0.3) is 0 Å². The van der Waals surface area contributed by atoms with Crippen LogP contribution in [0.3, 0.4) is 0 Å². The van der Waals surface area contributed by atoms with Gasteiger partial charge in [0.2, 0.25) is 5.91 Å². The first-order chi connectivity index (χ1) is 15.2. The molecule has 0 aliphatic carbocycles. The van der Waals surface area contributed by atoms with E-state index in [0.717, 1.165) is 61.2 Å². The summed E-state index contributed by atoms with van der Waals surface area (Å²) in [5.41, 5.74) is 1.96. The van der Waals surface area contributed by atoms with E-state index in [9.17, 15) is 4.79 Å². The molecule has 1 N–H and O–H groups in total. The molecule has 0 atom stereocenters. The van der Waals surface area contributed by atoms with Crippen molar-refractivity contribution in [3.8, 4) is 17.2 Å². The van der Waals surface area contributed by atoms with Crippen molar-refractivity contribution in [2.24, 2.45) is 0 Å². The minimum Gasteiger partial charge on any atom is -0.497 e. The number of methoxy groups -OCH3 is 2. The first-order valence-electron chi connectivity index (χ1n) is 10.7. The number of rotatable bonds is 11. The summed E-state index contributed by atoms with van der Waals surface area (Å²) in [4.78, 5) is 14.7. The zero-order chi connectivity index (χ0) is 21.9. The third kappa shape index (κ3) is 7.45. The van der Waals surface area contributed by atoms with Crippen LogP contribution in [-0.4, -0.2) is 64.5 Å². The average Bonchev–Trinajstić information content (AvgIpc) is 2.82. The predicted molar refractivity (Wildman–Crippen MR) is 119 cm³/mol. The molecule has 0 bridgehead atoms. The molecular weight excluding hydrogens is 396 g/mol. The summed E-state index contributed by atoms with van der Waals surface area (Å²) in [6.07, 6.45) is 0.955. The lowest BCUT2D eigenvalue weighted by molar-refractivity contribution is -0.121. The van der Waals surface area contributed by atoms with Crippen LogP contribution in [0.15, 0.2) is 42.5 Å². The zero-order valence-corrected chi connectivity index (χ0v) is 18.4. The van der Waals surface area contributed by atoms with Crippen LogP contribution >= 0.6 is 0 Å². The van der Waals surface area contributed by atoms with Gasteiger partial charge < -0.3 is 24.3 Å². The second-order valence-electron chi connectivity index (χ2n) is 7.40. The Labute approximate surface area is 184 Å². The highest BCUT2D eigenvalue weighted by atomic mass is 16.5. The fourth-order valence-electron chi connectivity index (χ4n) is 3.48. The highest BCUT2D eigenvalue weighted by molar-refractivity contribution is 5.76. The van der Waals surface area contributed by atoms with E-state index in [1.807, 2.05) is 42.5 Å². The van der Waals surface area contributed by atoms with E-state index in [2.05, 4.69) is 10.2 Å². The molecular formula is C24H32N2O5. The number of benzene rings is 2. The molecule has 1 fully saturated rings. The van der Waals surface area contributed by atoms with E-state index in [1.165, 1.54) is 0 Å². The zero-order valence-electron chi connectivity index (χ0n) is 18.4. The topological polar surface area (TPSA) is 69.3 Å². The molecule has 1 saturated heterocycles. The number of hydrogen-bond donors (Lipinski definition) is 1. The Hall–Kier alpha value is -2.77. The number of nitrogens with one attached hydrogen (secondary N) is 1. The smallest absolute Gasteiger partial charge is 0.220 e. The fourth-order valence-corrected chi connectivity index (χ4v) is 3.48. The second kappa shape index (κ2) is 12.2.